The maximum absolute atomic E-state index is 12.4. The highest BCUT2D eigenvalue weighted by Crippen LogP contribution is 2.41. The summed E-state index contributed by atoms with van der Waals surface area (Å²) >= 11 is 0. The highest BCUT2D eigenvalue weighted by molar-refractivity contribution is 6.04. The van der Waals surface area contributed by atoms with Crippen molar-refractivity contribution in [2.75, 3.05) is 11.9 Å². The van der Waals surface area contributed by atoms with Crippen molar-refractivity contribution in [3.63, 3.8) is 0 Å². The first kappa shape index (κ1) is 16.3. The van der Waals surface area contributed by atoms with Crippen LogP contribution >= 0.6 is 0 Å². The summed E-state index contributed by atoms with van der Waals surface area (Å²) in [5.41, 5.74) is 5.28. The number of carbonyl (C=O) groups is 1. The minimum absolute atomic E-state index is 0.0498. The monoisotopic (exact) mass is 334 g/mol. The van der Waals surface area contributed by atoms with E-state index in [0.29, 0.717) is 17.5 Å². The number of hydrogen-bond acceptors (Lipinski definition) is 2. The number of rotatable bonds is 6. The van der Waals surface area contributed by atoms with Crippen LogP contribution in [0.25, 0.3) is 0 Å². The van der Waals surface area contributed by atoms with Crippen LogP contribution in [-0.2, 0) is 0 Å². The fraction of sp³-hybridized carbons (Fsp3) is 0.409. The van der Waals surface area contributed by atoms with Gasteiger partial charge in [-0.2, -0.15) is 0 Å². The third-order valence-corrected chi connectivity index (χ3v) is 5.52. The Morgan fingerprint density at radius 2 is 1.80 bits per heavy atom. The lowest BCUT2D eigenvalue weighted by Crippen LogP contribution is -2.20. The predicted molar refractivity (Wildman–Crippen MR) is 102 cm³/mol. The van der Waals surface area contributed by atoms with Gasteiger partial charge in [-0.05, 0) is 86.5 Å². The van der Waals surface area contributed by atoms with E-state index in [2.05, 4.69) is 29.7 Å². The van der Waals surface area contributed by atoms with Gasteiger partial charge in [0, 0.05) is 23.2 Å². The molecule has 25 heavy (non-hydrogen) atoms. The van der Waals surface area contributed by atoms with Crippen LogP contribution in [0.15, 0.2) is 42.5 Å². The molecule has 2 aliphatic carbocycles. The van der Waals surface area contributed by atoms with Crippen LogP contribution in [0.4, 0.5) is 5.69 Å². The van der Waals surface area contributed by atoms with Crippen molar-refractivity contribution in [2.45, 2.75) is 45.1 Å². The molecule has 4 rings (SSSR count). The van der Waals surface area contributed by atoms with Crippen LogP contribution in [0.3, 0.4) is 0 Å². The molecule has 2 fully saturated rings. The van der Waals surface area contributed by atoms with Gasteiger partial charge in [0.1, 0.15) is 0 Å². The second kappa shape index (κ2) is 6.64. The second-order valence-electron chi connectivity index (χ2n) is 7.68. The SMILES string of the molecule is Cc1ccc(C(=O)Nc2ccc([C@@H]3C[C@H]3NCC3CC3)cc2)cc1C. The molecular weight excluding hydrogens is 308 g/mol. The third-order valence-electron chi connectivity index (χ3n) is 5.52. The summed E-state index contributed by atoms with van der Waals surface area (Å²) in [7, 11) is 0. The molecule has 3 heteroatoms. The van der Waals surface area contributed by atoms with Crippen LogP contribution in [0.1, 0.15) is 52.2 Å². The Balaban J connectivity index is 1.34. The average molecular weight is 334 g/mol. The zero-order valence-electron chi connectivity index (χ0n) is 15.0. The van der Waals surface area contributed by atoms with Gasteiger partial charge in [0.15, 0.2) is 0 Å². The van der Waals surface area contributed by atoms with Crippen LogP contribution in [-0.4, -0.2) is 18.5 Å². The Bertz CT molecular complexity index is 777. The molecule has 0 bridgehead atoms. The predicted octanol–water partition coefficient (Wildman–Crippen LogP) is 4.41. The summed E-state index contributed by atoms with van der Waals surface area (Å²) in [6.07, 6.45) is 4.04. The highest BCUT2D eigenvalue weighted by Gasteiger charge is 2.38. The van der Waals surface area contributed by atoms with Crippen molar-refractivity contribution in [3.05, 3.63) is 64.7 Å². The zero-order chi connectivity index (χ0) is 17.4. The van der Waals surface area contributed by atoms with Crippen molar-refractivity contribution in [2.24, 2.45) is 5.92 Å². The van der Waals surface area contributed by atoms with Crippen molar-refractivity contribution >= 4 is 11.6 Å². The third kappa shape index (κ3) is 3.93. The summed E-state index contributed by atoms with van der Waals surface area (Å²) in [5.74, 6) is 1.53. The normalized spacial score (nSPS) is 21.8. The molecule has 2 N–H and O–H groups in total. The summed E-state index contributed by atoms with van der Waals surface area (Å²) in [4.78, 5) is 12.4. The molecule has 130 valence electrons. The van der Waals surface area contributed by atoms with Gasteiger partial charge < -0.3 is 10.6 Å². The van der Waals surface area contributed by atoms with Crippen molar-refractivity contribution < 1.29 is 4.79 Å². The number of hydrogen-bond donors (Lipinski definition) is 2. The molecule has 1 amide bonds. The van der Waals surface area contributed by atoms with Gasteiger partial charge in [0.25, 0.3) is 5.91 Å². The number of amides is 1. The van der Waals surface area contributed by atoms with E-state index in [-0.39, 0.29) is 5.91 Å². The molecule has 0 aromatic heterocycles. The van der Waals surface area contributed by atoms with Gasteiger partial charge in [-0.1, -0.05) is 18.2 Å². The highest BCUT2D eigenvalue weighted by atomic mass is 16.1. The smallest absolute Gasteiger partial charge is 0.255 e. The molecular formula is C22H26N2O. The number of nitrogens with one attached hydrogen (secondary N) is 2. The van der Waals surface area contributed by atoms with E-state index in [1.807, 2.05) is 37.3 Å². The van der Waals surface area contributed by atoms with Gasteiger partial charge in [0.05, 0.1) is 0 Å². The topological polar surface area (TPSA) is 41.1 Å². The average Bonchev–Trinajstić information content (AvgIpc) is 3.51. The Kier molecular flexibility index (Phi) is 4.34. The quantitative estimate of drug-likeness (QED) is 0.821. The van der Waals surface area contributed by atoms with Crippen LogP contribution in [0.5, 0.6) is 0 Å². The van der Waals surface area contributed by atoms with Crippen molar-refractivity contribution in [1.82, 2.24) is 5.32 Å². The van der Waals surface area contributed by atoms with Crippen LogP contribution < -0.4 is 10.6 Å². The molecule has 0 unspecified atom stereocenters. The first-order valence-electron chi connectivity index (χ1n) is 9.32. The van der Waals surface area contributed by atoms with E-state index >= 15 is 0 Å². The fourth-order valence-electron chi connectivity index (χ4n) is 3.33. The molecule has 0 spiro atoms. The van der Waals surface area contributed by atoms with Gasteiger partial charge in [-0.25, -0.2) is 0 Å². The molecule has 0 heterocycles. The van der Waals surface area contributed by atoms with Gasteiger partial charge in [-0.15, -0.1) is 0 Å². The lowest BCUT2D eigenvalue weighted by molar-refractivity contribution is 0.102. The molecule has 2 aromatic carbocycles. The molecule has 3 nitrogen and oxygen atoms in total. The van der Waals surface area contributed by atoms with E-state index < -0.39 is 0 Å². The lowest BCUT2D eigenvalue weighted by Gasteiger charge is -2.08. The van der Waals surface area contributed by atoms with Gasteiger partial charge in [0.2, 0.25) is 0 Å². The van der Waals surface area contributed by atoms with Gasteiger partial charge >= 0.3 is 0 Å². The lowest BCUT2D eigenvalue weighted by atomic mass is 10.1. The van der Waals surface area contributed by atoms with Gasteiger partial charge in [-0.3, -0.25) is 4.79 Å². The Hall–Kier alpha value is -2.13. The zero-order valence-corrected chi connectivity index (χ0v) is 15.0. The number of benzene rings is 2. The summed E-state index contributed by atoms with van der Waals surface area (Å²) in [6, 6.07) is 14.8. The van der Waals surface area contributed by atoms with Crippen molar-refractivity contribution in [1.29, 1.82) is 0 Å². The first-order chi connectivity index (χ1) is 12.1. The van der Waals surface area contributed by atoms with E-state index in [4.69, 9.17) is 0 Å². The number of aryl methyl sites for hydroxylation is 2. The Labute approximate surface area is 149 Å². The summed E-state index contributed by atoms with van der Waals surface area (Å²) in [6.45, 7) is 5.27. The minimum Gasteiger partial charge on any atom is -0.322 e. The van der Waals surface area contributed by atoms with E-state index in [1.54, 1.807) is 0 Å². The standard InChI is InChI=1S/C22H26N2O/c1-14-3-6-18(11-15(14)2)22(25)24-19-9-7-17(8-10-19)20-12-21(20)23-13-16-4-5-16/h3,6-11,16,20-21,23H,4-5,12-13H2,1-2H3,(H,24,25)/t20-,21+/m0/s1. The van der Waals surface area contributed by atoms with E-state index in [0.717, 1.165) is 17.2 Å². The number of anilines is 1. The minimum atomic E-state index is -0.0498. The van der Waals surface area contributed by atoms with E-state index in [9.17, 15) is 4.79 Å². The summed E-state index contributed by atoms with van der Waals surface area (Å²) < 4.78 is 0. The molecule has 0 aliphatic heterocycles. The summed E-state index contributed by atoms with van der Waals surface area (Å²) in [5, 5.41) is 6.67. The molecule has 2 saturated carbocycles. The van der Waals surface area contributed by atoms with Crippen molar-refractivity contribution in [3.8, 4) is 0 Å². The Morgan fingerprint density at radius 3 is 2.48 bits per heavy atom. The first-order valence-corrected chi connectivity index (χ1v) is 9.32. The molecule has 2 atom stereocenters. The molecule has 2 aliphatic rings. The van der Waals surface area contributed by atoms with Crippen LogP contribution in [0, 0.1) is 19.8 Å². The second-order valence-corrected chi connectivity index (χ2v) is 7.68. The molecule has 0 radical (unpaired) electrons. The largest absolute Gasteiger partial charge is 0.322 e. The van der Waals surface area contributed by atoms with E-state index in [1.165, 1.54) is 36.9 Å². The maximum atomic E-state index is 12.4. The molecule has 0 saturated heterocycles. The fourth-order valence-corrected chi connectivity index (χ4v) is 3.33. The van der Waals surface area contributed by atoms with Crippen LogP contribution in [0.2, 0.25) is 0 Å². The Morgan fingerprint density at radius 1 is 1.04 bits per heavy atom. The maximum Gasteiger partial charge on any atom is 0.255 e. The molecule has 2 aromatic rings. The number of carbonyl (C=O) groups excluding carboxylic acids is 1.